The number of nitrogens with zero attached hydrogens (tertiary/aromatic N) is 2. The van der Waals surface area contributed by atoms with Gasteiger partial charge in [-0.25, -0.2) is 13.8 Å². The van der Waals surface area contributed by atoms with Crippen LogP contribution in [0.4, 0.5) is 14.6 Å². The largest absolute Gasteiger partial charge is 0.384 e. The number of aromatic nitrogens is 1. The minimum atomic E-state index is -0.955. The number of rotatable bonds is 2. The fourth-order valence-corrected chi connectivity index (χ4v) is 1.70. The van der Waals surface area contributed by atoms with Crippen LogP contribution in [0.1, 0.15) is 5.56 Å². The number of nitriles is 1. The molecule has 2 aromatic rings. The number of hydrogen-bond donors (Lipinski definition) is 1. The Hall–Kier alpha value is -2.48. The molecule has 0 spiro atoms. The van der Waals surface area contributed by atoms with Crippen LogP contribution in [-0.4, -0.2) is 4.98 Å². The lowest BCUT2D eigenvalue weighted by Gasteiger charge is -2.08. The summed E-state index contributed by atoms with van der Waals surface area (Å²) in [6.45, 7) is 0. The van der Waals surface area contributed by atoms with Crippen LogP contribution in [0.2, 0.25) is 0 Å². The third-order valence-corrected chi connectivity index (χ3v) is 2.52. The lowest BCUT2D eigenvalue weighted by Crippen LogP contribution is -1.98. The minimum absolute atomic E-state index is 0.0536. The van der Waals surface area contributed by atoms with Crippen LogP contribution in [0, 0.1) is 23.0 Å². The molecule has 2 N–H and O–H groups in total. The van der Waals surface area contributed by atoms with Crippen LogP contribution < -0.4 is 5.73 Å². The van der Waals surface area contributed by atoms with Gasteiger partial charge in [0.25, 0.3) is 0 Å². The van der Waals surface area contributed by atoms with Crippen LogP contribution in [0.15, 0.2) is 30.5 Å². The molecule has 0 aliphatic heterocycles. The molecule has 0 radical (unpaired) electrons. The van der Waals surface area contributed by atoms with Crippen molar-refractivity contribution in [2.24, 2.45) is 0 Å². The molecule has 0 saturated heterocycles. The molecule has 1 aromatic heterocycles. The molecule has 0 unspecified atom stereocenters. The fourth-order valence-electron chi connectivity index (χ4n) is 1.70. The van der Waals surface area contributed by atoms with Crippen LogP contribution >= 0.6 is 0 Å². The van der Waals surface area contributed by atoms with Gasteiger partial charge in [-0.05, 0) is 17.7 Å². The van der Waals surface area contributed by atoms with Crippen LogP contribution in [0.5, 0.6) is 0 Å². The van der Waals surface area contributed by atoms with Gasteiger partial charge in [0.1, 0.15) is 5.82 Å². The number of pyridine rings is 1. The van der Waals surface area contributed by atoms with E-state index in [1.165, 1.54) is 24.4 Å². The first-order valence-corrected chi connectivity index (χ1v) is 5.19. The van der Waals surface area contributed by atoms with Gasteiger partial charge in [-0.1, -0.05) is 12.1 Å². The molecule has 0 fully saturated rings. The van der Waals surface area contributed by atoms with E-state index >= 15 is 0 Å². The van der Waals surface area contributed by atoms with Crippen molar-refractivity contribution in [1.82, 2.24) is 4.98 Å². The molecule has 0 aliphatic rings. The van der Waals surface area contributed by atoms with Crippen molar-refractivity contribution in [3.63, 3.8) is 0 Å². The standard InChI is InChI=1S/C13H9F2N3/c14-11-3-1-2-9(13(11)15)10-7-18-12(17)6-8(10)4-5-16/h1-3,6-7H,4H2,(H2,17,18). The molecule has 0 bridgehead atoms. The third kappa shape index (κ3) is 2.13. The first-order valence-electron chi connectivity index (χ1n) is 5.19. The van der Waals surface area contributed by atoms with Crippen molar-refractivity contribution >= 4 is 5.82 Å². The number of anilines is 1. The monoisotopic (exact) mass is 245 g/mol. The Morgan fingerprint density at radius 1 is 1.28 bits per heavy atom. The summed E-state index contributed by atoms with van der Waals surface area (Å²) in [6.07, 6.45) is 1.40. The molecule has 1 heterocycles. The molecule has 90 valence electrons. The average molecular weight is 245 g/mol. The Labute approximate surface area is 103 Å². The van der Waals surface area contributed by atoms with Crippen molar-refractivity contribution in [1.29, 1.82) is 5.26 Å². The lowest BCUT2D eigenvalue weighted by atomic mass is 9.99. The summed E-state index contributed by atoms with van der Waals surface area (Å²) in [7, 11) is 0. The summed E-state index contributed by atoms with van der Waals surface area (Å²) in [4.78, 5) is 3.85. The summed E-state index contributed by atoms with van der Waals surface area (Å²) in [6, 6.07) is 7.32. The number of nitrogens with two attached hydrogens (primary N) is 1. The van der Waals surface area contributed by atoms with Crippen molar-refractivity contribution < 1.29 is 8.78 Å². The maximum absolute atomic E-state index is 13.7. The summed E-state index contributed by atoms with van der Waals surface area (Å²) in [5.74, 6) is -1.66. The van der Waals surface area contributed by atoms with Crippen LogP contribution in [0.3, 0.4) is 0 Å². The van der Waals surface area contributed by atoms with Crippen LogP contribution in [-0.2, 0) is 6.42 Å². The molecule has 0 aliphatic carbocycles. The van der Waals surface area contributed by atoms with Crippen molar-refractivity contribution in [3.05, 3.63) is 47.7 Å². The van der Waals surface area contributed by atoms with Gasteiger partial charge in [0.2, 0.25) is 0 Å². The van der Waals surface area contributed by atoms with E-state index < -0.39 is 11.6 Å². The fraction of sp³-hybridized carbons (Fsp3) is 0.0769. The van der Waals surface area contributed by atoms with Gasteiger partial charge in [-0.3, -0.25) is 0 Å². The zero-order valence-electron chi connectivity index (χ0n) is 9.32. The third-order valence-electron chi connectivity index (χ3n) is 2.52. The maximum Gasteiger partial charge on any atom is 0.166 e. The zero-order chi connectivity index (χ0) is 13.1. The van der Waals surface area contributed by atoms with E-state index in [4.69, 9.17) is 11.0 Å². The van der Waals surface area contributed by atoms with E-state index in [9.17, 15) is 8.78 Å². The Kier molecular flexibility index (Phi) is 3.20. The van der Waals surface area contributed by atoms with Crippen molar-refractivity contribution in [2.45, 2.75) is 6.42 Å². The Morgan fingerprint density at radius 2 is 2.06 bits per heavy atom. The van der Waals surface area contributed by atoms with Gasteiger partial charge in [0.05, 0.1) is 12.5 Å². The Morgan fingerprint density at radius 3 is 2.78 bits per heavy atom. The minimum Gasteiger partial charge on any atom is -0.384 e. The number of nitrogen functional groups attached to an aromatic ring is 1. The van der Waals surface area contributed by atoms with Crippen LogP contribution in [0.25, 0.3) is 11.1 Å². The summed E-state index contributed by atoms with van der Waals surface area (Å²) in [5, 5.41) is 8.73. The SMILES string of the molecule is N#CCc1cc(N)ncc1-c1cccc(F)c1F. The second kappa shape index (κ2) is 4.80. The predicted octanol–water partition coefficient (Wildman–Crippen LogP) is 2.68. The number of hydrogen-bond acceptors (Lipinski definition) is 3. The second-order valence-electron chi connectivity index (χ2n) is 3.70. The number of halogens is 2. The van der Waals surface area contributed by atoms with E-state index in [0.29, 0.717) is 11.1 Å². The lowest BCUT2D eigenvalue weighted by molar-refractivity contribution is 0.511. The average Bonchev–Trinajstić information content (AvgIpc) is 2.34. The molecule has 3 nitrogen and oxygen atoms in total. The van der Waals surface area contributed by atoms with Gasteiger partial charge in [0.15, 0.2) is 11.6 Å². The molecule has 2 rings (SSSR count). The van der Waals surface area contributed by atoms with E-state index in [1.54, 1.807) is 0 Å². The summed E-state index contributed by atoms with van der Waals surface area (Å²) < 4.78 is 26.9. The molecule has 0 atom stereocenters. The van der Waals surface area contributed by atoms with E-state index in [2.05, 4.69) is 4.98 Å². The van der Waals surface area contributed by atoms with Gasteiger partial charge < -0.3 is 5.73 Å². The maximum atomic E-state index is 13.7. The molecular weight excluding hydrogens is 236 g/mol. The highest BCUT2D eigenvalue weighted by Crippen LogP contribution is 2.28. The van der Waals surface area contributed by atoms with E-state index in [-0.39, 0.29) is 17.8 Å². The highest BCUT2D eigenvalue weighted by Gasteiger charge is 2.13. The molecule has 1 aromatic carbocycles. The van der Waals surface area contributed by atoms with Gasteiger partial charge in [-0.2, -0.15) is 5.26 Å². The first kappa shape index (κ1) is 12.0. The molecule has 0 amide bonds. The van der Waals surface area contributed by atoms with Gasteiger partial charge in [-0.15, -0.1) is 0 Å². The summed E-state index contributed by atoms with van der Waals surface area (Å²) in [5.41, 5.74) is 6.49. The van der Waals surface area contributed by atoms with Gasteiger partial charge in [0, 0.05) is 17.3 Å². The number of benzene rings is 1. The predicted molar refractivity (Wildman–Crippen MR) is 63.3 cm³/mol. The Balaban J connectivity index is 2.64. The highest BCUT2D eigenvalue weighted by molar-refractivity contribution is 5.69. The zero-order valence-corrected chi connectivity index (χ0v) is 9.32. The normalized spacial score (nSPS) is 10.1. The van der Waals surface area contributed by atoms with Gasteiger partial charge >= 0.3 is 0 Å². The molecule has 5 heteroatoms. The van der Waals surface area contributed by atoms with Crippen molar-refractivity contribution in [3.8, 4) is 17.2 Å². The quantitative estimate of drug-likeness (QED) is 0.884. The van der Waals surface area contributed by atoms with E-state index in [0.717, 1.165) is 6.07 Å². The Bertz CT molecular complexity index is 633. The highest BCUT2D eigenvalue weighted by atomic mass is 19.2. The van der Waals surface area contributed by atoms with Crippen molar-refractivity contribution in [2.75, 3.05) is 5.73 Å². The van der Waals surface area contributed by atoms with E-state index in [1.807, 2.05) is 6.07 Å². The second-order valence-corrected chi connectivity index (χ2v) is 3.70. The first-order chi connectivity index (χ1) is 8.63. The molecular formula is C13H9F2N3. The smallest absolute Gasteiger partial charge is 0.166 e. The molecule has 18 heavy (non-hydrogen) atoms. The molecule has 0 saturated carbocycles. The topological polar surface area (TPSA) is 62.7 Å². The summed E-state index contributed by atoms with van der Waals surface area (Å²) >= 11 is 0.